The number of thiophene rings is 1. The predicted molar refractivity (Wildman–Crippen MR) is 467 cm³/mol. The first-order valence-electron chi connectivity index (χ1n) is 38.0. The number of nitrogens with zero attached hydrogens (tertiary/aromatic N) is 8. The lowest BCUT2D eigenvalue weighted by Gasteiger charge is -2.20. The molecule has 0 amide bonds. The minimum absolute atomic E-state index is 0.616. The Morgan fingerprint density at radius 2 is 0.690 bits per heavy atom. The Hall–Kier alpha value is -14.5. The fraction of sp³-hybridized carbons (Fsp3) is 0. The molecule has 0 saturated heterocycles. The molecule has 22 aromatic rings. The van der Waals surface area contributed by atoms with Crippen molar-refractivity contribution in [2.75, 3.05) is 0 Å². The van der Waals surface area contributed by atoms with Crippen molar-refractivity contribution in [3.05, 3.63) is 370 Å². The van der Waals surface area contributed by atoms with Crippen LogP contribution in [0, 0.1) is 0 Å². The molecule has 23 rings (SSSR count). The third-order valence-corrected chi connectivity index (χ3v) is 26.0. The molecule has 113 heavy (non-hydrogen) atoms. The van der Waals surface area contributed by atoms with Crippen LogP contribution in [0.25, 0.3) is 210 Å². The zero-order valence-corrected chi connectivity index (χ0v) is 62.3. The van der Waals surface area contributed by atoms with Crippen molar-refractivity contribution in [3.8, 4) is 124 Å². The monoisotopic (exact) mass is 1480 g/mol. The number of para-hydroxylation sites is 2. The average Bonchev–Trinajstić information content (AvgIpc) is 1.56. The van der Waals surface area contributed by atoms with Crippen LogP contribution in [0.4, 0.5) is 0 Å². The van der Waals surface area contributed by atoms with E-state index in [0.717, 1.165) is 148 Å². The first-order valence-corrected chi connectivity index (χ1v) is 40.1. The van der Waals surface area contributed by atoms with E-state index in [1.54, 1.807) is 11.3 Å². The molecule has 0 fully saturated rings. The molecule has 1 unspecified atom stereocenters. The van der Waals surface area contributed by atoms with E-state index in [1.807, 2.05) is 78.9 Å². The Morgan fingerprint density at radius 1 is 0.239 bits per heavy atom. The van der Waals surface area contributed by atoms with Gasteiger partial charge in [-0.25, -0.2) is 29.9 Å². The van der Waals surface area contributed by atoms with Gasteiger partial charge in [-0.1, -0.05) is 249 Å². The first kappa shape index (κ1) is 64.5. The smallest absolute Gasteiger partial charge is 0.164 e. The number of aromatic nitrogens is 8. The second kappa shape index (κ2) is 26.1. The number of rotatable bonds is 12. The van der Waals surface area contributed by atoms with Crippen LogP contribution in [0.15, 0.2) is 389 Å². The maximum absolute atomic E-state index is 6.48. The summed E-state index contributed by atoms with van der Waals surface area (Å²) in [5.74, 6) is 3.74. The summed E-state index contributed by atoms with van der Waals surface area (Å²) in [5.41, 5.74) is 23.1. The Labute approximate surface area is 655 Å². The third kappa shape index (κ3) is 10.8. The van der Waals surface area contributed by atoms with E-state index in [1.165, 1.54) is 41.3 Å². The summed E-state index contributed by atoms with van der Waals surface area (Å²) < 4.78 is 13.7. The van der Waals surface area contributed by atoms with Gasteiger partial charge in [0, 0.05) is 113 Å². The molecule has 0 N–H and O–H groups in total. The van der Waals surface area contributed by atoms with Crippen LogP contribution in [0.2, 0.25) is 0 Å². The lowest BCUT2D eigenvalue weighted by molar-refractivity contribution is 0.669. The summed E-state index contributed by atoms with van der Waals surface area (Å²) in [6.07, 6.45) is 0. The molecular weight excluding hydrogens is 1420 g/mol. The highest BCUT2D eigenvalue weighted by atomic mass is 32.2. The summed E-state index contributed by atoms with van der Waals surface area (Å²) in [6.45, 7) is 0. The van der Waals surface area contributed by atoms with Crippen molar-refractivity contribution in [3.63, 3.8) is 0 Å². The molecule has 9 nitrogen and oxygen atoms in total. The van der Waals surface area contributed by atoms with Crippen LogP contribution in [0.3, 0.4) is 0 Å². The molecule has 1 atom stereocenters. The highest BCUT2D eigenvalue weighted by molar-refractivity contribution is 8.17. The minimum Gasteiger partial charge on any atom is -0.456 e. The second-order valence-electron chi connectivity index (χ2n) is 28.9. The zero-order valence-electron chi connectivity index (χ0n) is 60.6. The standard InChI is InChI=1S/C102H62N8OS2/c1-6-23-62(24-7-1)67-33-20-34-72(55-67)109-85-39-18-16-35-75(85)79-56-68(43-49-86(79)109)71-46-54-93-84(59-71)96-78(102-107-99(65-29-12-4-13-30-65)104-100(108-102)66-31-14-5-15-32-66)38-22-42-94(96)113(93)74-48-51-88-81(61-74)80-57-69(44-50-87(80)110(88)73-47-52-90-82(60-73)76-36-17-19-40-89(76)111-90)70-45-53-91-83(58-70)95-77(37-21-41-92(95)112-91)101-105-97(63-25-8-2-9-26-63)103-98(106-101)64-27-10-3-11-28-64/h1-61,113H. The highest BCUT2D eigenvalue weighted by Crippen LogP contribution is 2.65. The summed E-state index contributed by atoms with van der Waals surface area (Å²) in [4.78, 5) is 35.4. The van der Waals surface area contributed by atoms with Gasteiger partial charge in [-0.3, -0.25) is 0 Å². The Morgan fingerprint density at radius 3 is 1.34 bits per heavy atom. The Balaban J connectivity index is 0.715. The van der Waals surface area contributed by atoms with Gasteiger partial charge >= 0.3 is 0 Å². The topological polar surface area (TPSA) is 100 Å². The van der Waals surface area contributed by atoms with Gasteiger partial charge in [0.25, 0.3) is 0 Å². The molecular formula is C102H62N8OS2. The SMILES string of the molecule is c1ccc(-c2cccc(-n3c4ccccc4c4cc(-c5ccc6c(c5)-c5c(-c7nc(-c8ccccc8)nc(-c8ccccc8)n7)cccc5[SH]6c5ccc6c(c5)c5cc(-c7ccc8sc9cccc(-c%10nc(-c%11ccccc%11)nc(-c%11ccccc%11)n%10)c9c8c7)ccc5n6-c5ccc6oc7ccccc7c6c5)ccc43)c2)cc1. The van der Waals surface area contributed by atoms with Crippen molar-refractivity contribution in [2.24, 2.45) is 0 Å². The molecule has 528 valence electrons. The molecule has 0 radical (unpaired) electrons. The van der Waals surface area contributed by atoms with Gasteiger partial charge < -0.3 is 13.6 Å². The van der Waals surface area contributed by atoms with E-state index in [-0.39, 0.29) is 0 Å². The quantitative estimate of drug-likeness (QED) is 0.122. The van der Waals surface area contributed by atoms with Crippen molar-refractivity contribution in [1.29, 1.82) is 0 Å². The van der Waals surface area contributed by atoms with Crippen LogP contribution in [0.5, 0.6) is 0 Å². The fourth-order valence-electron chi connectivity index (χ4n) is 17.1. The molecule has 16 aromatic carbocycles. The van der Waals surface area contributed by atoms with Gasteiger partial charge in [-0.15, -0.1) is 11.3 Å². The van der Waals surface area contributed by atoms with Crippen molar-refractivity contribution in [2.45, 2.75) is 14.7 Å². The van der Waals surface area contributed by atoms with Crippen molar-refractivity contribution >= 4 is 108 Å². The van der Waals surface area contributed by atoms with Crippen LogP contribution in [-0.4, -0.2) is 39.0 Å². The highest BCUT2D eigenvalue weighted by Gasteiger charge is 2.33. The molecule has 0 aliphatic carbocycles. The van der Waals surface area contributed by atoms with E-state index in [2.05, 4.69) is 300 Å². The molecule has 0 bridgehead atoms. The lowest BCUT2D eigenvalue weighted by Crippen LogP contribution is -2.01. The number of fused-ring (bicyclic) bond motifs is 15. The van der Waals surface area contributed by atoms with E-state index < -0.39 is 10.9 Å². The summed E-state index contributed by atoms with van der Waals surface area (Å²) in [5, 5.41) is 9.10. The minimum atomic E-state index is -1.21. The van der Waals surface area contributed by atoms with E-state index in [4.69, 9.17) is 34.3 Å². The Bertz CT molecular complexity index is 7510. The Kier molecular flexibility index (Phi) is 14.9. The van der Waals surface area contributed by atoms with Gasteiger partial charge in [0.2, 0.25) is 0 Å². The van der Waals surface area contributed by atoms with E-state index in [0.29, 0.717) is 34.9 Å². The second-order valence-corrected chi connectivity index (χ2v) is 32.1. The summed E-state index contributed by atoms with van der Waals surface area (Å²) in [7, 11) is -1.21. The van der Waals surface area contributed by atoms with Crippen LogP contribution >= 0.6 is 22.2 Å². The van der Waals surface area contributed by atoms with Gasteiger partial charge in [0.15, 0.2) is 34.9 Å². The normalized spacial score (nSPS) is 13.0. The van der Waals surface area contributed by atoms with Gasteiger partial charge in [0.1, 0.15) is 11.2 Å². The van der Waals surface area contributed by atoms with E-state index >= 15 is 0 Å². The number of benzene rings is 16. The average molecular weight is 1480 g/mol. The molecule has 1 aliphatic heterocycles. The largest absolute Gasteiger partial charge is 0.456 e. The number of furan rings is 1. The van der Waals surface area contributed by atoms with E-state index in [9.17, 15) is 0 Å². The van der Waals surface area contributed by atoms with Gasteiger partial charge in [-0.05, 0) is 165 Å². The maximum atomic E-state index is 6.48. The number of thiol groups is 1. The summed E-state index contributed by atoms with van der Waals surface area (Å²) in [6, 6.07) is 133. The fourth-order valence-corrected chi connectivity index (χ4v) is 20.9. The molecule has 0 spiro atoms. The number of hydrogen-bond donors (Lipinski definition) is 1. The van der Waals surface area contributed by atoms with Crippen molar-refractivity contribution in [1.82, 2.24) is 39.0 Å². The first-order chi connectivity index (χ1) is 56.0. The van der Waals surface area contributed by atoms with Crippen molar-refractivity contribution < 1.29 is 4.42 Å². The molecule has 6 aromatic heterocycles. The molecule has 0 saturated carbocycles. The molecule has 7 heterocycles. The van der Waals surface area contributed by atoms with Crippen LogP contribution in [-0.2, 0) is 0 Å². The molecule has 1 aliphatic rings. The third-order valence-electron chi connectivity index (χ3n) is 22.3. The molecule has 11 heteroatoms. The van der Waals surface area contributed by atoms with Crippen LogP contribution in [0.1, 0.15) is 0 Å². The van der Waals surface area contributed by atoms with Crippen LogP contribution < -0.4 is 0 Å². The number of hydrogen-bond acceptors (Lipinski definition) is 8. The van der Waals surface area contributed by atoms with Gasteiger partial charge in [-0.2, -0.15) is 10.9 Å². The zero-order chi connectivity index (χ0) is 74.2. The lowest BCUT2D eigenvalue weighted by atomic mass is 9.95. The maximum Gasteiger partial charge on any atom is 0.164 e. The predicted octanol–water partition coefficient (Wildman–Crippen LogP) is 27.0. The summed E-state index contributed by atoms with van der Waals surface area (Å²) >= 11 is 1.80. The van der Waals surface area contributed by atoms with Gasteiger partial charge in [0.05, 0.1) is 22.1 Å².